The van der Waals surface area contributed by atoms with Gasteiger partial charge in [0.2, 0.25) is 0 Å². The number of hydrogen-bond donors (Lipinski definition) is 0. The summed E-state index contributed by atoms with van der Waals surface area (Å²) >= 11 is 0. The van der Waals surface area contributed by atoms with Crippen molar-refractivity contribution in [3.05, 3.63) is 11.3 Å². The van der Waals surface area contributed by atoms with Crippen molar-refractivity contribution < 1.29 is 0 Å². The summed E-state index contributed by atoms with van der Waals surface area (Å²) in [5, 5.41) is 13.4. The van der Waals surface area contributed by atoms with Gasteiger partial charge < -0.3 is 4.90 Å². The van der Waals surface area contributed by atoms with Gasteiger partial charge in [0, 0.05) is 20.6 Å². The Morgan fingerprint density at radius 1 is 1.56 bits per heavy atom. The predicted octanol–water partition coefficient (Wildman–Crippen LogP) is 2.08. The van der Waals surface area contributed by atoms with Gasteiger partial charge >= 0.3 is 0 Å². The van der Waals surface area contributed by atoms with Crippen LogP contribution in [-0.2, 0) is 7.05 Å². The minimum atomic E-state index is 0.617. The maximum absolute atomic E-state index is 9.12. The third kappa shape index (κ3) is 2.35. The van der Waals surface area contributed by atoms with Crippen molar-refractivity contribution in [3.8, 4) is 6.07 Å². The Kier molecular flexibility index (Phi) is 3.94. The first-order valence-electron chi connectivity index (χ1n) is 5.66. The molecule has 0 spiro atoms. The van der Waals surface area contributed by atoms with Crippen molar-refractivity contribution in [2.24, 2.45) is 13.0 Å². The maximum atomic E-state index is 9.12. The van der Waals surface area contributed by atoms with Crippen LogP contribution in [0, 0.1) is 24.2 Å². The van der Waals surface area contributed by atoms with Crippen LogP contribution < -0.4 is 4.90 Å². The van der Waals surface area contributed by atoms with Crippen molar-refractivity contribution in [1.29, 1.82) is 5.26 Å². The number of aromatic nitrogens is 2. The third-order valence-electron chi connectivity index (χ3n) is 2.95. The Bertz CT molecular complexity index is 400. The maximum Gasteiger partial charge on any atom is 0.144 e. The van der Waals surface area contributed by atoms with E-state index in [4.69, 9.17) is 5.26 Å². The molecule has 1 aromatic rings. The molecule has 4 nitrogen and oxygen atoms in total. The van der Waals surface area contributed by atoms with Gasteiger partial charge in [-0.1, -0.05) is 20.3 Å². The van der Waals surface area contributed by atoms with Crippen LogP contribution in [0.25, 0.3) is 0 Å². The zero-order valence-corrected chi connectivity index (χ0v) is 10.8. The van der Waals surface area contributed by atoms with E-state index >= 15 is 0 Å². The van der Waals surface area contributed by atoms with E-state index in [0.717, 1.165) is 24.5 Å². The van der Waals surface area contributed by atoms with E-state index in [1.54, 1.807) is 4.68 Å². The van der Waals surface area contributed by atoms with Gasteiger partial charge in [0.1, 0.15) is 17.5 Å². The standard InChI is InChI=1S/C12H20N4/c1-6-9(2)8-15(4)12-11(7-13)10(3)14-16(12)5/h9H,6,8H2,1-5H3. The molecule has 16 heavy (non-hydrogen) atoms. The fourth-order valence-corrected chi connectivity index (χ4v) is 1.90. The minimum Gasteiger partial charge on any atom is -0.359 e. The molecule has 0 amide bonds. The van der Waals surface area contributed by atoms with Gasteiger partial charge in [0.15, 0.2) is 0 Å². The molecular weight excluding hydrogens is 200 g/mol. The first-order chi connectivity index (χ1) is 7.51. The van der Waals surface area contributed by atoms with Gasteiger partial charge in [-0.3, -0.25) is 4.68 Å². The first-order valence-corrected chi connectivity index (χ1v) is 5.66. The smallest absolute Gasteiger partial charge is 0.144 e. The lowest BCUT2D eigenvalue weighted by molar-refractivity contribution is 0.551. The summed E-state index contributed by atoms with van der Waals surface area (Å²) in [6.07, 6.45) is 1.14. The van der Waals surface area contributed by atoms with Gasteiger partial charge in [0.05, 0.1) is 5.69 Å². The van der Waals surface area contributed by atoms with Crippen LogP contribution in [0.1, 0.15) is 31.5 Å². The van der Waals surface area contributed by atoms with Crippen LogP contribution in [0.15, 0.2) is 0 Å². The third-order valence-corrected chi connectivity index (χ3v) is 2.95. The summed E-state index contributed by atoms with van der Waals surface area (Å²) < 4.78 is 1.79. The van der Waals surface area contributed by atoms with Crippen LogP contribution in [0.4, 0.5) is 5.82 Å². The molecule has 88 valence electrons. The van der Waals surface area contributed by atoms with E-state index < -0.39 is 0 Å². The van der Waals surface area contributed by atoms with E-state index in [1.807, 2.05) is 21.0 Å². The van der Waals surface area contributed by atoms with Crippen molar-refractivity contribution in [3.63, 3.8) is 0 Å². The molecule has 1 rings (SSSR count). The Morgan fingerprint density at radius 2 is 2.19 bits per heavy atom. The number of aryl methyl sites for hydroxylation is 2. The van der Waals surface area contributed by atoms with Crippen molar-refractivity contribution in [2.75, 3.05) is 18.5 Å². The zero-order valence-electron chi connectivity index (χ0n) is 10.8. The highest BCUT2D eigenvalue weighted by atomic mass is 15.4. The second-order valence-electron chi connectivity index (χ2n) is 4.41. The molecule has 0 aliphatic rings. The Labute approximate surface area is 97.5 Å². The average Bonchev–Trinajstić information content (AvgIpc) is 2.52. The molecule has 0 bridgehead atoms. The Morgan fingerprint density at radius 3 is 2.69 bits per heavy atom. The first kappa shape index (κ1) is 12.6. The monoisotopic (exact) mass is 220 g/mol. The highest BCUT2D eigenvalue weighted by molar-refractivity contribution is 5.56. The highest BCUT2D eigenvalue weighted by Gasteiger charge is 2.17. The van der Waals surface area contributed by atoms with Crippen molar-refractivity contribution >= 4 is 5.82 Å². The number of nitrogens with zero attached hydrogens (tertiary/aromatic N) is 4. The molecule has 0 radical (unpaired) electrons. The molecular formula is C12H20N4. The summed E-state index contributed by atoms with van der Waals surface area (Å²) in [4.78, 5) is 2.12. The molecule has 0 aromatic carbocycles. The summed E-state index contributed by atoms with van der Waals surface area (Å²) in [6.45, 7) is 7.22. The quantitative estimate of drug-likeness (QED) is 0.780. The lowest BCUT2D eigenvalue weighted by Crippen LogP contribution is -2.26. The molecule has 0 aliphatic heterocycles. The molecule has 1 unspecified atom stereocenters. The summed E-state index contributed by atoms with van der Waals surface area (Å²) in [7, 11) is 3.90. The van der Waals surface area contributed by atoms with E-state index in [0.29, 0.717) is 11.5 Å². The molecule has 0 saturated carbocycles. The average molecular weight is 220 g/mol. The zero-order chi connectivity index (χ0) is 12.3. The second kappa shape index (κ2) is 5.02. The number of nitriles is 1. The summed E-state index contributed by atoms with van der Waals surface area (Å²) in [5.41, 5.74) is 1.49. The fourth-order valence-electron chi connectivity index (χ4n) is 1.90. The Hall–Kier alpha value is -1.50. The van der Waals surface area contributed by atoms with E-state index in [-0.39, 0.29) is 0 Å². The molecule has 0 N–H and O–H groups in total. The molecule has 0 fully saturated rings. The van der Waals surface area contributed by atoms with Gasteiger partial charge in [-0.15, -0.1) is 0 Å². The van der Waals surface area contributed by atoms with E-state index in [2.05, 4.69) is 29.9 Å². The normalized spacial score (nSPS) is 12.2. The van der Waals surface area contributed by atoms with E-state index in [1.165, 1.54) is 0 Å². The van der Waals surface area contributed by atoms with Crippen LogP contribution in [-0.4, -0.2) is 23.4 Å². The minimum absolute atomic E-state index is 0.617. The lowest BCUT2D eigenvalue weighted by atomic mass is 10.1. The molecule has 1 aromatic heterocycles. The number of anilines is 1. The fraction of sp³-hybridized carbons (Fsp3) is 0.667. The molecule has 0 aliphatic carbocycles. The Balaban J connectivity index is 2.99. The highest BCUT2D eigenvalue weighted by Crippen LogP contribution is 2.22. The van der Waals surface area contributed by atoms with Crippen LogP contribution in [0.5, 0.6) is 0 Å². The van der Waals surface area contributed by atoms with Crippen molar-refractivity contribution in [2.45, 2.75) is 27.2 Å². The molecule has 1 heterocycles. The van der Waals surface area contributed by atoms with Crippen LogP contribution >= 0.6 is 0 Å². The van der Waals surface area contributed by atoms with Gasteiger partial charge in [0.25, 0.3) is 0 Å². The molecule has 0 saturated heterocycles. The summed E-state index contributed by atoms with van der Waals surface area (Å²) in [6, 6.07) is 2.23. The molecule has 4 heteroatoms. The van der Waals surface area contributed by atoms with Gasteiger partial charge in [-0.05, 0) is 12.8 Å². The van der Waals surface area contributed by atoms with Crippen LogP contribution in [0.2, 0.25) is 0 Å². The van der Waals surface area contributed by atoms with Crippen molar-refractivity contribution in [1.82, 2.24) is 9.78 Å². The summed E-state index contributed by atoms with van der Waals surface area (Å²) in [5.74, 6) is 1.53. The predicted molar refractivity (Wildman–Crippen MR) is 65.4 cm³/mol. The topological polar surface area (TPSA) is 44.9 Å². The van der Waals surface area contributed by atoms with E-state index in [9.17, 15) is 0 Å². The van der Waals surface area contributed by atoms with Crippen LogP contribution in [0.3, 0.4) is 0 Å². The van der Waals surface area contributed by atoms with Gasteiger partial charge in [-0.25, -0.2) is 0 Å². The lowest BCUT2D eigenvalue weighted by Gasteiger charge is -2.22. The van der Waals surface area contributed by atoms with Gasteiger partial charge in [-0.2, -0.15) is 10.4 Å². The number of hydrogen-bond acceptors (Lipinski definition) is 3. The number of rotatable bonds is 4. The SMILES string of the molecule is CCC(C)CN(C)c1c(C#N)c(C)nn1C. The molecule has 1 atom stereocenters. The second-order valence-corrected chi connectivity index (χ2v) is 4.41. The largest absolute Gasteiger partial charge is 0.359 e.